The maximum atomic E-state index is 12.0. The van der Waals surface area contributed by atoms with E-state index in [9.17, 15) is 8.77 Å². The van der Waals surface area contributed by atoms with Crippen LogP contribution in [0.15, 0.2) is 0 Å². The second-order valence-corrected chi connectivity index (χ2v) is 6.45. The lowest BCUT2D eigenvalue weighted by Gasteiger charge is -2.20. The Labute approximate surface area is 104 Å². The number of thiol groups is 1. The molecule has 0 amide bonds. The minimum atomic E-state index is -3.16. The molecular formula is C7H19N2O4PS2. The lowest BCUT2D eigenvalue weighted by atomic mass is 10.7. The van der Waals surface area contributed by atoms with Crippen LogP contribution in [0.1, 0.15) is 13.8 Å². The van der Waals surface area contributed by atoms with Gasteiger partial charge in [-0.2, -0.15) is 12.6 Å². The van der Waals surface area contributed by atoms with Crippen molar-refractivity contribution in [1.29, 1.82) is 0 Å². The highest BCUT2D eigenvalue weighted by atomic mass is 32.2. The van der Waals surface area contributed by atoms with Crippen LogP contribution in [0.4, 0.5) is 0 Å². The van der Waals surface area contributed by atoms with Crippen LogP contribution in [0, 0.1) is 0 Å². The summed E-state index contributed by atoms with van der Waals surface area (Å²) in [5, 5.41) is 7.45. The van der Waals surface area contributed by atoms with Gasteiger partial charge in [-0.15, -0.1) is 0 Å². The molecule has 0 aromatic rings. The van der Waals surface area contributed by atoms with Crippen molar-refractivity contribution in [3.63, 3.8) is 0 Å². The third-order valence-electron chi connectivity index (χ3n) is 1.61. The lowest BCUT2D eigenvalue weighted by Crippen LogP contribution is -2.39. The minimum Gasteiger partial charge on any atom is -0.308 e. The molecule has 0 aliphatic carbocycles. The molecule has 0 saturated heterocycles. The normalized spacial score (nSPS) is 16.0. The van der Waals surface area contributed by atoms with Crippen LogP contribution < -0.4 is 10.5 Å². The smallest absolute Gasteiger partial charge is 0.308 e. The van der Waals surface area contributed by atoms with Gasteiger partial charge in [0, 0.05) is 5.75 Å². The number of rotatable bonds is 9. The van der Waals surface area contributed by atoms with Gasteiger partial charge < -0.3 is 9.05 Å². The molecule has 0 radical (unpaired) electrons. The molecule has 2 atom stereocenters. The van der Waals surface area contributed by atoms with Gasteiger partial charge in [-0.05, 0) is 13.8 Å². The lowest BCUT2D eigenvalue weighted by molar-refractivity contribution is 0.218. The van der Waals surface area contributed by atoms with Crippen molar-refractivity contribution in [3.05, 3.63) is 0 Å². The van der Waals surface area contributed by atoms with Crippen molar-refractivity contribution in [2.75, 3.05) is 25.3 Å². The van der Waals surface area contributed by atoms with Crippen LogP contribution in [0.5, 0.6) is 0 Å². The molecule has 0 aromatic heterocycles. The van der Waals surface area contributed by atoms with Gasteiger partial charge in [0.25, 0.3) is 0 Å². The highest BCUT2D eigenvalue weighted by Crippen LogP contribution is 2.46. The van der Waals surface area contributed by atoms with Crippen LogP contribution in [0.25, 0.3) is 0 Å². The van der Waals surface area contributed by atoms with Crippen LogP contribution in [-0.4, -0.2) is 34.8 Å². The summed E-state index contributed by atoms with van der Waals surface area (Å²) in [5.74, 6) is 0.279. The Hall–Kier alpha value is 0.570. The molecule has 0 fully saturated rings. The van der Waals surface area contributed by atoms with E-state index in [0.29, 0.717) is 0 Å². The third kappa shape index (κ3) is 6.34. The Balaban J connectivity index is 4.30. The van der Waals surface area contributed by atoms with Crippen molar-refractivity contribution in [3.8, 4) is 0 Å². The molecule has 0 aliphatic heterocycles. The van der Waals surface area contributed by atoms with Crippen molar-refractivity contribution >= 4 is 31.2 Å². The van der Waals surface area contributed by atoms with E-state index in [1.165, 1.54) is 0 Å². The molecule has 1 unspecified atom stereocenters. The van der Waals surface area contributed by atoms with Crippen molar-refractivity contribution in [1.82, 2.24) is 5.32 Å². The number of nitrogens with one attached hydrogen (secondary N) is 1. The average Bonchev–Trinajstić information content (AvgIpc) is 2.18. The summed E-state index contributed by atoms with van der Waals surface area (Å²) in [4.78, 5) is 0. The van der Waals surface area contributed by atoms with E-state index in [1.807, 2.05) is 0 Å². The zero-order chi connectivity index (χ0) is 12.6. The number of hydrogen-bond acceptors (Lipinski definition) is 6. The predicted octanol–water partition coefficient (Wildman–Crippen LogP) is 0.678. The minimum absolute atomic E-state index is 0.0250. The summed E-state index contributed by atoms with van der Waals surface area (Å²) in [5.41, 5.74) is 0. The summed E-state index contributed by atoms with van der Waals surface area (Å²) in [6, 6.07) is 0. The van der Waals surface area contributed by atoms with Gasteiger partial charge in [-0.1, -0.05) is 0 Å². The van der Waals surface area contributed by atoms with Gasteiger partial charge in [-0.25, -0.2) is 4.21 Å². The number of hydrogen-bond donors (Lipinski definition) is 3. The van der Waals surface area contributed by atoms with E-state index in [0.717, 1.165) is 0 Å². The zero-order valence-corrected chi connectivity index (χ0v) is 12.0. The molecule has 0 saturated carbocycles. The fourth-order valence-corrected chi connectivity index (χ4v) is 3.53. The number of nitrogens with two attached hydrogens (primary N) is 1. The first-order valence-corrected chi connectivity index (χ1v) is 8.50. The zero-order valence-electron chi connectivity index (χ0n) is 9.42. The summed E-state index contributed by atoms with van der Waals surface area (Å²) < 4.78 is 33.1. The fourth-order valence-electron chi connectivity index (χ4n) is 0.956. The molecule has 0 spiro atoms. The molecule has 98 valence electrons. The van der Waals surface area contributed by atoms with E-state index in [4.69, 9.17) is 14.2 Å². The topological polar surface area (TPSA) is 90.6 Å². The van der Waals surface area contributed by atoms with Gasteiger partial charge in [0.1, 0.15) is 16.4 Å². The van der Waals surface area contributed by atoms with E-state index < -0.39 is 24.0 Å². The van der Waals surface area contributed by atoms with Crippen molar-refractivity contribution < 1.29 is 17.8 Å². The average molecular weight is 290 g/mol. The van der Waals surface area contributed by atoms with Crippen LogP contribution >= 0.6 is 20.2 Å². The first-order chi connectivity index (χ1) is 7.49. The molecule has 16 heavy (non-hydrogen) atoms. The van der Waals surface area contributed by atoms with E-state index in [2.05, 4.69) is 17.9 Å². The maximum Gasteiger partial charge on any atom is 0.344 e. The summed E-state index contributed by atoms with van der Waals surface area (Å²) in [6.45, 7) is 4.03. The highest BCUT2D eigenvalue weighted by molar-refractivity contribution is 7.86. The molecule has 6 nitrogen and oxygen atoms in total. The quantitative estimate of drug-likeness (QED) is 0.429. The molecule has 0 aliphatic rings. The van der Waals surface area contributed by atoms with Gasteiger partial charge in [0.05, 0.1) is 19.5 Å². The van der Waals surface area contributed by atoms with E-state index in [1.54, 1.807) is 13.8 Å². The van der Waals surface area contributed by atoms with Crippen LogP contribution in [0.3, 0.4) is 0 Å². The molecule has 3 N–H and O–H groups in total. The standard InChI is InChI=1S/C7H19N2O4PS2/c1-3-12-14(10,13-4-2)6-9-7(5-15)16(8)11/h7,9,15H,3-6,8H2,1-2H3/t7-,16?/m1/s1. The largest absolute Gasteiger partial charge is 0.344 e. The van der Waals surface area contributed by atoms with Gasteiger partial charge in [0.15, 0.2) is 0 Å². The molecule has 0 bridgehead atoms. The second-order valence-electron chi connectivity index (χ2n) is 2.81. The molecule has 9 heteroatoms. The van der Waals surface area contributed by atoms with Gasteiger partial charge >= 0.3 is 7.60 Å². The fraction of sp³-hybridized carbons (Fsp3) is 1.00. The summed E-state index contributed by atoms with van der Waals surface area (Å²) >= 11 is 3.98. The Kier molecular flexibility index (Phi) is 8.94. The Morgan fingerprint density at radius 2 is 1.94 bits per heavy atom. The third-order valence-corrected chi connectivity index (χ3v) is 4.99. The molecular weight excluding hydrogens is 271 g/mol. The van der Waals surface area contributed by atoms with Crippen molar-refractivity contribution in [2.24, 2.45) is 5.14 Å². The Bertz CT molecular complexity index is 257. The maximum absolute atomic E-state index is 12.0. The van der Waals surface area contributed by atoms with Crippen LogP contribution in [-0.2, 0) is 24.6 Å². The SMILES string of the molecule is CCOP(=O)(CN[C@@H](CS)S(N)=O)OCC. The van der Waals surface area contributed by atoms with Crippen LogP contribution in [0.2, 0.25) is 0 Å². The highest BCUT2D eigenvalue weighted by Gasteiger charge is 2.25. The molecule has 0 rings (SSSR count). The van der Waals surface area contributed by atoms with E-state index in [-0.39, 0.29) is 25.3 Å². The van der Waals surface area contributed by atoms with Gasteiger partial charge in [-0.3, -0.25) is 15.0 Å². The second kappa shape index (κ2) is 8.63. The summed E-state index contributed by atoms with van der Waals surface area (Å²) in [7, 11) is -4.73. The summed E-state index contributed by atoms with van der Waals surface area (Å²) in [6.07, 6.45) is -0.0250. The first-order valence-electron chi connectivity index (χ1n) is 4.86. The molecule has 0 heterocycles. The van der Waals surface area contributed by atoms with E-state index >= 15 is 0 Å². The first kappa shape index (κ1) is 16.6. The Morgan fingerprint density at radius 1 is 1.44 bits per heavy atom. The Morgan fingerprint density at radius 3 is 2.25 bits per heavy atom. The van der Waals surface area contributed by atoms with Crippen molar-refractivity contribution in [2.45, 2.75) is 19.2 Å². The molecule has 0 aromatic carbocycles. The monoisotopic (exact) mass is 290 g/mol. The van der Waals surface area contributed by atoms with Gasteiger partial charge in [0.2, 0.25) is 0 Å². The predicted molar refractivity (Wildman–Crippen MR) is 68.8 cm³/mol.